The first-order valence-electron chi connectivity index (χ1n) is 9.91. The number of rotatable bonds is 5. The molecule has 5 heteroatoms. The molecule has 0 aromatic carbocycles. The fourth-order valence-corrected chi connectivity index (χ4v) is 4.97. The maximum atomic E-state index is 12.1. The third-order valence-electron chi connectivity index (χ3n) is 6.10. The van der Waals surface area contributed by atoms with Gasteiger partial charge in [0.15, 0.2) is 0 Å². The lowest BCUT2D eigenvalue weighted by molar-refractivity contribution is -0.0388. The molecule has 2 bridgehead atoms. The number of aromatic nitrogens is 1. The Hall–Kier alpha value is -1.17. The number of hydrogen-bond donors (Lipinski definition) is 1. The van der Waals surface area contributed by atoms with Gasteiger partial charge in [0.1, 0.15) is 0 Å². The van der Waals surface area contributed by atoms with Gasteiger partial charge < -0.3 is 14.4 Å². The van der Waals surface area contributed by atoms with Gasteiger partial charge in [0.25, 0.3) is 5.56 Å². The molecular weight excluding hydrogens is 316 g/mol. The van der Waals surface area contributed by atoms with Crippen molar-refractivity contribution < 1.29 is 9.84 Å². The van der Waals surface area contributed by atoms with E-state index in [1.54, 1.807) is 6.07 Å². The molecule has 25 heavy (non-hydrogen) atoms. The number of hydrogen-bond acceptors (Lipinski definition) is 4. The minimum atomic E-state index is -0.418. The minimum Gasteiger partial charge on any atom is -0.389 e. The summed E-state index contributed by atoms with van der Waals surface area (Å²) in [6.07, 6.45) is 7.22. The van der Waals surface area contributed by atoms with Crippen molar-refractivity contribution in [2.24, 2.45) is 5.92 Å². The summed E-state index contributed by atoms with van der Waals surface area (Å²) in [5.41, 5.74) is 1.29. The van der Waals surface area contributed by atoms with Crippen molar-refractivity contribution in [3.8, 4) is 0 Å². The number of aliphatic hydroxyl groups is 1. The molecule has 0 unspecified atom stereocenters. The zero-order chi connectivity index (χ0) is 17.2. The topological polar surface area (TPSA) is 54.7 Å². The van der Waals surface area contributed by atoms with E-state index < -0.39 is 6.10 Å². The van der Waals surface area contributed by atoms with Crippen molar-refractivity contribution in [2.75, 3.05) is 26.2 Å². The van der Waals surface area contributed by atoms with Crippen molar-refractivity contribution in [1.82, 2.24) is 9.47 Å². The lowest BCUT2D eigenvalue weighted by Gasteiger charge is -2.43. The average molecular weight is 346 g/mol. The number of aliphatic hydroxyl groups excluding tert-OH is 1. The molecule has 1 N–H and O–H groups in total. The van der Waals surface area contributed by atoms with E-state index in [0.717, 1.165) is 38.9 Å². The number of nitrogens with zero attached hydrogens (tertiary/aromatic N) is 2. The van der Waals surface area contributed by atoms with Crippen LogP contribution in [0.5, 0.6) is 0 Å². The van der Waals surface area contributed by atoms with Crippen molar-refractivity contribution in [3.05, 3.63) is 34.2 Å². The van der Waals surface area contributed by atoms with Crippen LogP contribution in [0, 0.1) is 5.92 Å². The molecule has 1 aliphatic carbocycles. The van der Waals surface area contributed by atoms with Crippen LogP contribution in [0.25, 0.3) is 0 Å². The number of pyridine rings is 1. The van der Waals surface area contributed by atoms with Gasteiger partial charge in [-0.25, -0.2) is 0 Å². The zero-order valence-electron chi connectivity index (χ0n) is 15.0. The quantitative estimate of drug-likeness (QED) is 0.886. The van der Waals surface area contributed by atoms with Crippen LogP contribution in [-0.4, -0.2) is 53.0 Å². The predicted molar refractivity (Wildman–Crippen MR) is 96.8 cm³/mol. The van der Waals surface area contributed by atoms with E-state index in [4.69, 9.17) is 4.74 Å². The van der Waals surface area contributed by atoms with Gasteiger partial charge in [-0.2, -0.15) is 0 Å². The summed E-state index contributed by atoms with van der Waals surface area (Å²) in [5, 5.41) is 10.4. The smallest absolute Gasteiger partial charge is 0.250 e. The molecule has 3 aliphatic rings. The van der Waals surface area contributed by atoms with Gasteiger partial charge in [-0.15, -0.1) is 0 Å². The second-order valence-electron chi connectivity index (χ2n) is 8.16. The van der Waals surface area contributed by atoms with E-state index in [9.17, 15) is 9.90 Å². The van der Waals surface area contributed by atoms with E-state index in [1.807, 2.05) is 10.6 Å². The average Bonchev–Trinajstić information content (AvgIpc) is 2.62. The van der Waals surface area contributed by atoms with Crippen LogP contribution < -0.4 is 5.56 Å². The molecule has 1 aromatic rings. The van der Waals surface area contributed by atoms with Crippen LogP contribution in [0.15, 0.2) is 23.0 Å². The van der Waals surface area contributed by atoms with Gasteiger partial charge in [0.05, 0.1) is 18.8 Å². The molecule has 2 fully saturated rings. The number of likely N-dealkylation sites (tertiary alicyclic amines) is 1. The first kappa shape index (κ1) is 17.3. The van der Waals surface area contributed by atoms with Crippen molar-refractivity contribution in [3.63, 3.8) is 0 Å². The number of piperidine rings is 1. The third-order valence-corrected chi connectivity index (χ3v) is 6.10. The lowest BCUT2D eigenvalue weighted by atomic mass is 9.83. The fourth-order valence-electron chi connectivity index (χ4n) is 4.97. The van der Waals surface area contributed by atoms with E-state index in [0.29, 0.717) is 31.1 Å². The summed E-state index contributed by atoms with van der Waals surface area (Å²) in [5.74, 6) is 0.922. The Morgan fingerprint density at radius 3 is 2.84 bits per heavy atom. The highest BCUT2D eigenvalue weighted by molar-refractivity contribution is 5.16. The van der Waals surface area contributed by atoms with Gasteiger partial charge in [-0.3, -0.25) is 9.69 Å². The lowest BCUT2D eigenvalue weighted by Crippen LogP contribution is -2.49. The van der Waals surface area contributed by atoms with Crippen LogP contribution in [-0.2, 0) is 11.3 Å². The Kier molecular flexibility index (Phi) is 5.25. The Morgan fingerprint density at radius 1 is 1.16 bits per heavy atom. The summed E-state index contributed by atoms with van der Waals surface area (Å²) in [6.45, 7) is 3.85. The predicted octanol–water partition coefficient (Wildman–Crippen LogP) is 1.98. The van der Waals surface area contributed by atoms with Gasteiger partial charge in [0, 0.05) is 43.9 Å². The van der Waals surface area contributed by atoms with Crippen molar-refractivity contribution >= 4 is 0 Å². The van der Waals surface area contributed by atoms with E-state index in [2.05, 4.69) is 11.0 Å². The molecule has 1 saturated heterocycles. The maximum absolute atomic E-state index is 12.1. The van der Waals surface area contributed by atoms with Gasteiger partial charge >= 0.3 is 0 Å². The van der Waals surface area contributed by atoms with E-state index >= 15 is 0 Å². The Labute approximate surface area is 149 Å². The van der Waals surface area contributed by atoms with Crippen molar-refractivity contribution in [2.45, 2.75) is 63.2 Å². The highest BCUT2D eigenvalue weighted by Crippen LogP contribution is 2.34. The molecule has 0 spiro atoms. The molecular formula is C20H30N2O3. The monoisotopic (exact) mass is 346 g/mol. The van der Waals surface area contributed by atoms with Crippen LogP contribution in [0.1, 0.15) is 50.1 Å². The molecule has 1 aromatic heterocycles. The van der Waals surface area contributed by atoms with E-state index in [1.165, 1.54) is 25.0 Å². The Morgan fingerprint density at radius 2 is 2.00 bits per heavy atom. The normalized spacial score (nSPS) is 28.5. The van der Waals surface area contributed by atoms with Crippen molar-refractivity contribution in [1.29, 1.82) is 0 Å². The van der Waals surface area contributed by atoms with Crippen LogP contribution >= 0.6 is 0 Å². The first-order valence-corrected chi connectivity index (χ1v) is 9.91. The first-order chi connectivity index (χ1) is 12.2. The van der Waals surface area contributed by atoms with E-state index in [-0.39, 0.29) is 5.56 Å². The highest BCUT2D eigenvalue weighted by atomic mass is 16.5. The maximum Gasteiger partial charge on any atom is 0.250 e. The van der Waals surface area contributed by atoms with Crippen LogP contribution in [0.4, 0.5) is 0 Å². The molecule has 3 heterocycles. The molecule has 0 radical (unpaired) electrons. The summed E-state index contributed by atoms with van der Waals surface area (Å²) in [4.78, 5) is 14.5. The molecule has 4 rings (SSSR count). The highest BCUT2D eigenvalue weighted by Gasteiger charge is 2.34. The largest absolute Gasteiger partial charge is 0.389 e. The molecule has 0 amide bonds. The number of β-amino-alcohol motifs (C(OH)–C–C–N with tert-alkyl or cyclic N) is 1. The SMILES string of the molecule is O=c1cccc2n1C[C@@H]1C[C@@H]2CN(C[C@@H](O)COC2CCCCC2)C1. The minimum absolute atomic E-state index is 0.126. The van der Waals surface area contributed by atoms with Crippen LogP contribution in [0.2, 0.25) is 0 Å². The van der Waals surface area contributed by atoms with Gasteiger partial charge in [0.2, 0.25) is 0 Å². The zero-order valence-corrected chi connectivity index (χ0v) is 15.0. The number of ether oxygens (including phenoxy) is 1. The molecule has 138 valence electrons. The molecule has 5 nitrogen and oxygen atoms in total. The second-order valence-corrected chi connectivity index (χ2v) is 8.16. The fraction of sp³-hybridized carbons (Fsp3) is 0.750. The van der Waals surface area contributed by atoms with Gasteiger partial charge in [-0.1, -0.05) is 25.3 Å². The summed E-state index contributed by atoms with van der Waals surface area (Å²) >= 11 is 0. The second kappa shape index (κ2) is 7.60. The molecule has 3 atom stereocenters. The van der Waals surface area contributed by atoms with Gasteiger partial charge in [-0.05, 0) is 31.2 Å². The van der Waals surface area contributed by atoms with Crippen LogP contribution in [0.3, 0.4) is 0 Å². The molecule has 1 saturated carbocycles. The standard InChI is InChI=1S/C20H30N2O3/c23-17(14-25-18-5-2-1-3-6-18)13-21-10-15-9-16(12-21)19-7-4-8-20(24)22(19)11-15/h4,7-8,15-18,23H,1-3,5-6,9-14H2/t15-,16-,17-/m1/s1. The summed E-state index contributed by atoms with van der Waals surface area (Å²) in [7, 11) is 0. The summed E-state index contributed by atoms with van der Waals surface area (Å²) in [6, 6.07) is 5.63. The molecule has 2 aliphatic heterocycles. The third kappa shape index (κ3) is 3.99. The Balaban J connectivity index is 1.32. The summed E-state index contributed by atoms with van der Waals surface area (Å²) < 4.78 is 7.89. The number of fused-ring (bicyclic) bond motifs is 4. The Bertz CT molecular complexity index is 638.